The number of hydrogen-bond donors (Lipinski definition) is 1. The van der Waals surface area contributed by atoms with Gasteiger partial charge >= 0.3 is 0 Å². The summed E-state index contributed by atoms with van der Waals surface area (Å²) >= 11 is 0. The van der Waals surface area contributed by atoms with Crippen LogP contribution >= 0.6 is 0 Å². The molecular weight excluding hydrogens is 230 g/mol. The lowest BCUT2D eigenvalue weighted by Crippen LogP contribution is -2.26. The van der Waals surface area contributed by atoms with Crippen LogP contribution in [0.25, 0.3) is 0 Å². The molecule has 2 aliphatic rings. The maximum Gasteiger partial charge on any atom is 0.235 e. The van der Waals surface area contributed by atoms with E-state index in [0.29, 0.717) is 11.7 Å². The molecule has 0 bridgehead atoms. The van der Waals surface area contributed by atoms with Gasteiger partial charge in [-0.25, -0.2) is 0 Å². The molecule has 0 atom stereocenters. The molecule has 18 heavy (non-hydrogen) atoms. The molecule has 1 N–H and O–H groups in total. The molecule has 2 heterocycles. The summed E-state index contributed by atoms with van der Waals surface area (Å²) in [5.74, 6) is 1.05. The highest BCUT2D eigenvalue weighted by Crippen LogP contribution is 2.37. The highest BCUT2D eigenvalue weighted by molar-refractivity contribution is 6.04. The summed E-state index contributed by atoms with van der Waals surface area (Å²) in [5, 5.41) is 10.8. The van der Waals surface area contributed by atoms with Crippen molar-refractivity contribution in [1.29, 1.82) is 0 Å². The van der Waals surface area contributed by atoms with Crippen molar-refractivity contribution in [3.8, 4) is 5.88 Å². The molecule has 1 amide bonds. The number of fused-ring (bicyclic) bond motifs is 1. The lowest BCUT2D eigenvalue weighted by molar-refractivity contribution is -0.119. The van der Waals surface area contributed by atoms with Gasteiger partial charge in [-0.3, -0.25) is 4.79 Å². The number of aromatic nitrogens is 2. The van der Waals surface area contributed by atoms with Crippen LogP contribution in [0.4, 0.5) is 5.82 Å². The molecule has 1 aromatic heterocycles. The van der Waals surface area contributed by atoms with Crippen molar-refractivity contribution in [3.05, 3.63) is 11.6 Å². The minimum absolute atomic E-state index is 0.0372. The quantitative estimate of drug-likeness (QED) is 0.868. The minimum Gasteiger partial charge on any atom is -0.473 e. The summed E-state index contributed by atoms with van der Waals surface area (Å²) < 4.78 is 5.82. The van der Waals surface area contributed by atoms with E-state index in [9.17, 15) is 4.79 Å². The predicted molar refractivity (Wildman–Crippen MR) is 66.6 cm³/mol. The molecule has 3 rings (SSSR count). The smallest absolute Gasteiger partial charge is 0.235 e. The van der Waals surface area contributed by atoms with Crippen molar-refractivity contribution in [1.82, 2.24) is 10.2 Å². The van der Waals surface area contributed by atoms with Gasteiger partial charge in [0.05, 0.1) is 5.41 Å². The zero-order valence-corrected chi connectivity index (χ0v) is 10.7. The van der Waals surface area contributed by atoms with E-state index < -0.39 is 5.41 Å². The van der Waals surface area contributed by atoms with Crippen LogP contribution in [0.2, 0.25) is 0 Å². The van der Waals surface area contributed by atoms with Crippen molar-refractivity contribution >= 4 is 11.7 Å². The van der Waals surface area contributed by atoms with E-state index in [1.165, 1.54) is 12.8 Å². The average Bonchev–Trinajstić information content (AvgIpc) is 2.90. The summed E-state index contributed by atoms with van der Waals surface area (Å²) in [6.45, 7) is 3.77. The Balaban J connectivity index is 1.87. The van der Waals surface area contributed by atoms with E-state index in [2.05, 4.69) is 15.5 Å². The first-order chi connectivity index (χ1) is 8.57. The molecule has 5 heteroatoms. The SMILES string of the molecule is CC1(C)C(=O)Nc2nnc(OC3CCCC3)cc21. The van der Waals surface area contributed by atoms with Crippen LogP contribution in [-0.4, -0.2) is 22.2 Å². The Labute approximate surface area is 106 Å². The van der Waals surface area contributed by atoms with Crippen molar-refractivity contribution in [3.63, 3.8) is 0 Å². The molecule has 0 aromatic carbocycles. The Morgan fingerprint density at radius 2 is 2.06 bits per heavy atom. The van der Waals surface area contributed by atoms with E-state index in [-0.39, 0.29) is 12.0 Å². The van der Waals surface area contributed by atoms with Gasteiger partial charge in [0.1, 0.15) is 6.10 Å². The van der Waals surface area contributed by atoms with E-state index in [0.717, 1.165) is 18.4 Å². The van der Waals surface area contributed by atoms with Crippen molar-refractivity contribution < 1.29 is 9.53 Å². The van der Waals surface area contributed by atoms with Crippen LogP contribution in [0.3, 0.4) is 0 Å². The third-order valence-electron chi connectivity index (χ3n) is 3.83. The third-order valence-corrected chi connectivity index (χ3v) is 3.83. The third kappa shape index (κ3) is 1.74. The van der Waals surface area contributed by atoms with Crippen LogP contribution in [0.1, 0.15) is 45.1 Å². The summed E-state index contributed by atoms with van der Waals surface area (Å²) in [6, 6.07) is 1.85. The monoisotopic (exact) mass is 247 g/mol. The molecule has 96 valence electrons. The van der Waals surface area contributed by atoms with Gasteiger partial charge in [0.2, 0.25) is 11.8 Å². The van der Waals surface area contributed by atoms with Crippen LogP contribution in [0.15, 0.2) is 6.07 Å². The molecule has 5 nitrogen and oxygen atoms in total. The normalized spacial score (nSPS) is 21.8. The fraction of sp³-hybridized carbons (Fsp3) is 0.615. The standard InChI is InChI=1S/C13H17N3O2/c1-13(2)9-7-10(18-8-5-3-4-6-8)15-16-11(9)14-12(13)17/h7-8H,3-6H2,1-2H3,(H,14,16,17). The number of nitrogens with zero attached hydrogens (tertiary/aromatic N) is 2. The van der Waals surface area contributed by atoms with Gasteiger partial charge < -0.3 is 10.1 Å². The summed E-state index contributed by atoms with van der Waals surface area (Å²) in [7, 11) is 0. The maximum absolute atomic E-state index is 11.8. The predicted octanol–water partition coefficient (Wildman–Crippen LogP) is 2.03. The van der Waals surface area contributed by atoms with E-state index in [1.807, 2.05) is 19.9 Å². The van der Waals surface area contributed by atoms with Crippen LogP contribution in [0, 0.1) is 0 Å². The number of anilines is 1. The first-order valence-electron chi connectivity index (χ1n) is 6.44. The molecular formula is C13H17N3O2. The van der Waals surface area contributed by atoms with E-state index in [1.54, 1.807) is 0 Å². The van der Waals surface area contributed by atoms with Crippen molar-refractivity contribution in [2.45, 2.75) is 51.0 Å². The molecule has 0 saturated heterocycles. The second-order valence-electron chi connectivity index (χ2n) is 5.55. The number of carbonyl (C=O) groups is 1. The Kier molecular flexibility index (Phi) is 2.50. The van der Waals surface area contributed by atoms with Gasteiger partial charge in [0.15, 0.2) is 5.82 Å². The maximum atomic E-state index is 11.8. The Hall–Kier alpha value is -1.65. The first-order valence-corrected chi connectivity index (χ1v) is 6.44. The Morgan fingerprint density at radius 1 is 1.33 bits per heavy atom. The lowest BCUT2D eigenvalue weighted by Gasteiger charge is -2.16. The molecule has 1 aliphatic carbocycles. The number of rotatable bonds is 2. The van der Waals surface area contributed by atoms with Crippen molar-refractivity contribution in [2.24, 2.45) is 0 Å². The molecule has 1 saturated carbocycles. The molecule has 1 aromatic rings. The second kappa shape index (κ2) is 3.93. The van der Waals surface area contributed by atoms with E-state index in [4.69, 9.17) is 4.74 Å². The summed E-state index contributed by atoms with van der Waals surface area (Å²) in [6.07, 6.45) is 4.85. The molecule has 1 aliphatic heterocycles. The molecule has 0 spiro atoms. The minimum atomic E-state index is -0.556. The van der Waals surface area contributed by atoms with Crippen LogP contribution in [0.5, 0.6) is 5.88 Å². The lowest BCUT2D eigenvalue weighted by atomic mass is 9.87. The fourth-order valence-corrected chi connectivity index (χ4v) is 2.56. The average molecular weight is 247 g/mol. The van der Waals surface area contributed by atoms with Gasteiger partial charge in [-0.05, 0) is 39.5 Å². The zero-order valence-electron chi connectivity index (χ0n) is 10.7. The van der Waals surface area contributed by atoms with Crippen molar-refractivity contribution in [2.75, 3.05) is 5.32 Å². The molecule has 0 unspecified atom stereocenters. The number of carbonyl (C=O) groups excluding carboxylic acids is 1. The first kappa shape index (κ1) is 11.4. The fourth-order valence-electron chi connectivity index (χ4n) is 2.56. The van der Waals surface area contributed by atoms with Crippen LogP contribution < -0.4 is 10.1 Å². The second-order valence-corrected chi connectivity index (χ2v) is 5.55. The van der Waals surface area contributed by atoms with Crippen LogP contribution in [-0.2, 0) is 10.2 Å². The highest BCUT2D eigenvalue weighted by atomic mass is 16.5. The summed E-state index contributed by atoms with van der Waals surface area (Å²) in [5.41, 5.74) is 0.314. The van der Waals surface area contributed by atoms with E-state index >= 15 is 0 Å². The topological polar surface area (TPSA) is 64.1 Å². The van der Waals surface area contributed by atoms with Gasteiger partial charge in [0, 0.05) is 11.6 Å². The summed E-state index contributed by atoms with van der Waals surface area (Å²) in [4.78, 5) is 11.8. The Morgan fingerprint density at radius 3 is 2.78 bits per heavy atom. The molecule has 0 radical (unpaired) electrons. The van der Waals surface area contributed by atoms with Gasteiger partial charge in [-0.1, -0.05) is 0 Å². The zero-order chi connectivity index (χ0) is 12.8. The molecule has 1 fully saturated rings. The van der Waals surface area contributed by atoms with Gasteiger partial charge in [-0.15, -0.1) is 10.2 Å². The largest absolute Gasteiger partial charge is 0.473 e. The number of amides is 1. The Bertz CT molecular complexity index is 493. The highest BCUT2D eigenvalue weighted by Gasteiger charge is 2.40. The number of hydrogen-bond acceptors (Lipinski definition) is 4. The number of nitrogens with one attached hydrogen (secondary N) is 1. The number of ether oxygens (including phenoxy) is 1. The van der Waals surface area contributed by atoms with Gasteiger partial charge in [0.25, 0.3) is 0 Å². The van der Waals surface area contributed by atoms with Gasteiger partial charge in [-0.2, -0.15) is 0 Å².